The van der Waals surface area contributed by atoms with Crippen molar-refractivity contribution in [3.63, 3.8) is 0 Å². The number of urea groups is 1. The SMILES string of the molecule is CN1C(=O)NC(=Nc2ccccc2)C([N+](=O)[O-])C1=O. The van der Waals surface area contributed by atoms with E-state index in [-0.39, 0.29) is 5.84 Å². The lowest BCUT2D eigenvalue weighted by atomic mass is 10.2. The van der Waals surface area contributed by atoms with Crippen LogP contribution in [0.15, 0.2) is 35.3 Å². The molecular formula is C11H10N4O4. The second-order valence-corrected chi connectivity index (χ2v) is 3.85. The van der Waals surface area contributed by atoms with E-state index in [4.69, 9.17) is 0 Å². The third-order valence-corrected chi connectivity index (χ3v) is 2.58. The van der Waals surface area contributed by atoms with Gasteiger partial charge in [0.15, 0.2) is 5.84 Å². The molecule has 19 heavy (non-hydrogen) atoms. The highest BCUT2D eigenvalue weighted by Crippen LogP contribution is 2.14. The second kappa shape index (κ2) is 4.84. The predicted octanol–water partition coefficient (Wildman–Crippen LogP) is 0.543. The fraction of sp³-hybridized carbons (Fsp3) is 0.182. The summed E-state index contributed by atoms with van der Waals surface area (Å²) in [6.45, 7) is 0. The number of nitrogens with zero attached hydrogens (tertiary/aromatic N) is 3. The molecule has 1 aromatic rings. The van der Waals surface area contributed by atoms with Crippen molar-refractivity contribution in [3.8, 4) is 0 Å². The highest BCUT2D eigenvalue weighted by atomic mass is 16.6. The van der Waals surface area contributed by atoms with Gasteiger partial charge in [0.1, 0.15) is 0 Å². The lowest BCUT2D eigenvalue weighted by molar-refractivity contribution is -0.491. The number of rotatable bonds is 2. The molecule has 1 heterocycles. The van der Waals surface area contributed by atoms with Crippen molar-refractivity contribution in [2.45, 2.75) is 6.04 Å². The molecule has 0 aliphatic carbocycles. The fourth-order valence-electron chi connectivity index (χ4n) is 1.58. The highest BCUT2D eigenvalue weighted by Gasteiger charge is 2.45. The number of imide groups is 1. The zero-order valence-electron chi connectivity index (χ0n) is 9.94. The van der Waals surface area contributed by atoms with Crippen LogP contribution in [0, 0.1) is 10.1 Å². The number of benzene rings is 1. The van der Waals surface area contributed by atoms with Gasteiger partial charge in [0.05, 0.1) is 5.69 Å². The van der Waals surface area contributed by atoms with Gasteiger partial charge in [-0.1, -0.05) is 18.2 Å². The Morgan fingerprint density at radius 1 is 1.32 bits per heavy atom. The Morgan fingerprint density at radius 3 is 2.53 bits per heavy atom. The summed E-state index contributed by atoms with van der Waals surface area (Å²) >= 11 is 0. The van der Waals surface area contributed by atoms with E-state index in [9.17, 15) is 19.7 Å². The summed E-state index contributed by atoms with van der Waals surface area (Å²) < 4.78 is 0. The summed E-state index contributed by atoms with van der Waals surface area (Å²) in [6.07, 6.45) is 0. The molecule has 0 aromatic heterocycles. The van der Waals surface area contributed by atoms with Crippen molar-refractivity contribution in [1.29, 1.82) is 0 Å². The summed E-state index contributed by atoms with van der Waals surface area (Å²) in [7, 11) is 1.17. The molecule has 1 aromatic carbocycles. The van der Waals surface area contributed by atoms with Crippen LogP contribution in [-0.2, 0) is 4.79 Å². The quantitative estimate of drug-likeness (QED) is 0.620. The van der Waals surface area contributed by atoms with Crippen molar-refractivity contribution >= 4 is 23.5 Å². The summed E-state index contributed by atoms with van der Waals surface area (Å²) in [6, 6.07) is 5.93. The molecule has 1 saturated heterocycles. The summed E-state index contributed by atoms with van der Waals surface area (Å²) in [5, 5.41) is 13.2. The number of carbonyl (C=O) groups excluding carboxylic acids is 2. The van der Waals surface area contributed by atoms with E-state index in [1.165, 1.54) is 7.05 Å². The Morgan fingerprint density at radius 2 is 1.95 bits per heavy atom. The molecule has 8 heteroatoms. The van der Waals surface area contributed by atoms with Crippen LogP contribution in [-0.4, -0.2) is 40.7 Å². The lowest BCUT2D eigenvalue weighted by Crippen LogP contribution is -2.61. The van der Waals surface area contributed by atoms with Crippen LogP contribution in [0.2, 0.25) is 0 Å². The van der Waals surface area contributed by atoms with Crippen LogP contribution in [0.25, 0.3) is 0 Å². The van der Waals surface area contributed by atoms with Gasteiger partial charge in [0, 0.05) is 12.0 Å². The van der Waals surface area contributed by atoms with Crippen LogP contribution in [0.5, 0.6) is 0 Å². The van der Waals surface area contributed by atoms with Gasteiger partial charge in [-0.15, -0.1) is 0 Å². The first-order chi connectivity index (χ1) is 9.00. The molecule has 1 unspecified atom stereocenters. The molecule has 1 aliphatic heterocycles. The number of carbonyl (C=O) groups is 2. The number of nitrogens with one attached hydrogen (secondary N) is 1. The molecule has 3 amide bonds. The molecular weight excluding hydrogens is 252 g/mol. The Hall–Kier alpha value is -2.77. The zero-order chi connectivity index (χ0) is 14.0. The molecule has 1 N–H and O–H groups in total. The van der Waals surface area contributed by atoms with Gasteiger partial charge in [0.2, 0.25) is 0 Å². The summed E-state index contributed by atoms with van der Waals surface area (Å²) in [4.78, 5) is 38.0. The summed E-state index contributed by atoms with van der Waals surface area (Å²) in [5.74, 6) is -1.19. The summed E-state index contributed by atoms with van der Waals surface area (Å²) in [5.41, 5.74) is 0.419. The molecule has 0 saturated carbocycles. The average Bonchev–Trinajstić information content (AvgIpc) is 2.37. The third-order valence-electron chi connectivity index (χ3n) is 2.58. The topological polar surface area (TPSA) is 105 Å². The van der Waals surface area contributed by atoms with Gasteiger partial charge in [-0.05, 0) is 12.1 Å². The van der Waals surface area contributed by atoms with Crippen LogP contribution in [0.3, 0.4) is 0 Å². The number of amides is 3. The van der Waals surface area contributed by atoms with Crippen molar-refractivity contribution in [2.24, 2.45) is 4.99 Å². The smallest absolute Gasteiger partial charge is 0.289 e. The molecule has 98 valence electrons. The van der Waals surface area contributed by atoms with Gasteiger partial charge in [-0.2, -0.15) is 0 Å². The van der Waals surface area contributed by atoms with Gasteiger partial charge < -0.3 is 0 Å². The molecule has 1 atom stereocenters. The maximum absolute atomic E-state index is 11.7. The van der Waals surface area contributed by atoms with Gasteiger partial charge >= 0.3 is 18.0 Å². The van der Waals surface area contributed by atoms with Gasteiger partial charge in [-0.25, -0.2) is 9.79 Å². The Labute approximate surface area is 107 Å². The number of nitro groups is 1. The van der Waals surface area contributed by atoms with Crippen molar-refractivity contribution in [1.82, 2.24) is 10.2 Å². The lowest BCUT2D eigenvalue weighted by Gasteiger charge is -2.24. The van der Waals surface area contributed by atoms with Gasteiger partial charge in [-0.3, -0.25) is 25.1 Å². The van der Waals surface area contributed by atoms with E-state index in [1.54, 1.807) is 30.3 Å². The Balaban J connectivity index is 2.42. The first kappa shape index (κ1) is 12.7. The van der Waals surface area contributed by atoms with Crippen LogP contribution in [0.4, 0.5) is 10.5 Å². The Kier molecular flexibility index (Phi) is 3.23. The number of hydrogen-bond donors (Lipinski definition) is 1. The maximum Gasteiger partial charge on any atom is 0.346 e. The van der Waals surface area contributed by atoms with Crippen molar-refractivity contribution in [3.05, 3.63) is 40.4 Å². The van der Waals surface area contributed by atoms with Crippen molar-refractivity contribution < 1.29 is 14.5 Å². The molecule has 0 bridgehead atoms. The van der Waals surface area contributed by atoms with Crippen LogP contribution < -0.4 is 5.32 Å². The first-order valence-corrected chi connectivity index (χ1v) is 5.36. The normalized spacial score (nSPS) is 21.4. The number of para-hydroxylation sites is 1. The molecule has 1 fully saturated rings. The number of aliphatic imine (C=N–C) groups is 1. The number of amidine groups is 1. The minimum atomic E-state index is -1.69. The van der Waals surface area contributed by atoms with Crippen molar-refractivity contribution in [2.75, 3.05) is 7.05 Å². The highest BCUT2D eigenvalue weighted by molar-refractivity contribution is 6.20. The van der Waals surface area contributed by atoms with Crippen LogP contribution in [0.1, 0.15) is 0 Å². The molecule has 0 radical (unpaired) electrons. The molecule has 0 spiro atoms. The monoisotopic (exact) mass is 262 g/mol. The predicted molar refractivity (Wildman–Crippen MR) is 65.6 cm³/mol. The zero-order valence-corrected chi connectivity index (χ0v) is 9.94. The first-order valence-electron chi connectivity index (χ1n) is 5.36. The third kappa shape index (κ3) is 2.41. The van der Waals surface area contributed by atoms with Crippen LogP contribution >= 0.6 is 0 Å². The van der Waals surface area contributed by atoms with E-state index >= 15 is 0 Å². The van der Waals surface area contributed by atoms with Gasteiger partial charge in [0.25, 0.3) is 0 Å². The van der Waals surface area contributed by atoms with E-state index < -0.39 is 22.9 Å². The molecule has 2 rings (SSSR count). The minimum Gasteiger partial charge on any atom is -0.289 e. The molecule has 8 nitrogen and oxygen atoms in total. The second-order valence-electron chi connectivity index (χ2n) is 3.85. The molecule has 1 aliphatic rings. The standard InChI is InChI=1S/C11H10N4O4/c1-14-10(16)8(15(18)19)9(13-11(14)17)12-7-5-3-2-4-6-7/h2-6,8H,1H3,(H,12,13,17). The number of hydrogen-bond acceptors (Lipinski definition) is 5. The average molecular weight is 262 g/mol. The Bertz CT molecular complexity index is 569. The van der Waals surface area contributed by atoms with E-state index in [1.807, 2.05) is 0 Å². The minimum absolute atomic E-state index is 0.274. The number of likely N-dealkylation sites (N-methyl/N-ethyl adjacent to an activating group) is 1. The van der Waals surface area contributed by atoms with E-state index in [0.29, 0.717) is 10.6 Å². The van der Waals surface area contributed by atoms with E-state index in [2.05, 4.69) is 10.3 Å². The fourth-order valence-corrected chi connectivity index (χ4v) is 1.58. The largest absolute Gasteiger partial charge is 0.346 e. The maximum atomic E-state index is 11.7. The van der Waals surface area contributed by atoms with E-state index in [0.717, 1.165) is 0 Å².